The van der Waals surface area contributed by atoms with Crippen molar-refractivity contribution in [2.75, 3.05) is 0 Å². The summed E-state index contributed by atoms with van der Waals surface area (Å²) in [5.41, 5.74) is 3.19. The van der Waals surface area contributed by atoms with Gasteiger partial charge in [0, 0.05) is 24.3 Å². The first-order valence-corrected chi connectivity index (χ1v) is 12.4. The maximum Gasteiger partial charge on any atom is 0.270 e. The number of para-hydroxylation sites is 1. The van der Waals surface area contributed by atoms with Crippen LogP contribution in [0.15, 0.2) is 82.8 Å². The summed E-state index contributed by atoms with van der Waals surface area (Å²) in [6.07, 6.45) is 0.383. The second kappa shape index (κ2) is 10.4. The van der Waals surface area contributed by atoms with E-state index in [0.29, 0.717) is 16.8 Å². The lowest BCUT2D eigenvalue weighted by Gasteiger charge is -2.31. The summed E-state index contributed by atoms with van der Waals surface area (Å²) >= 11 is 1.43. The number of nitrogens with one attached hydrogen (secondary N) is 1. The average Bonchev–Trinajstić information content (AvgIpc) is 3.23. The maximum absolute atomic E-state index is 13.3. The van der Waals surface area contributed by atoms with Gasteiger partial charge in [-0.25, -0.2) is 13.8 Å². The van der Waals surface area contributed by atoms with Crippen molar-refractivity contribution in [3.05, 3.63) is 101 Å². The summed E-state index contributed by atoms with van der Waals surface area (Å²) < 4.78 is 26.4. The first kappa shape index (κ1) is 23.9. The Morgan fingerprint density at radius 3 is 2.31 bits per heavy atom. The second-order valence-corrected chi connectivity index (χ2v) is 9.37. The van der Waals surface area contributed by atoms with Crippen LogP contribution in [0.5, 0.6) is 0 Å². The molecule has 2 heterocycles. The minimum Gasteiger partial charge on any atom is -0.352 e. The molecule has 0 aromatic heterocycles. The van der Waals surface area contributed by atoms with E-state index in [1.54, 1.807) is 24.3 Å². The van der Waals surface area contributed by atoms with Gasteiger partial charge in [0.2, 0.25) is 5.91 Å². The zero-order valence-electron chi connectivity index (χ0n) is 19.2. The van der Waals surface area contributed by atoms with E-state index < -0.39 is 6.04 Å². The van der Waals surface area contributed by atoms with E-state index in [0.717, 1.165) is 22.4 Å². The number of carbonyl (C=O) groups is 2. The molecule has 36 heavy (non-hydrogen) atoms. The molecule has 1 unspecified atom stereocenters. The number of amides is 2. The van der Waals surface area contributed by atoms with Crippen molar-refractivity contribution >= 4 is 40.3 Å². The van der Waals surface area contributed by atoms with Crippen LogP contribution < -0.4 is 5.32 Å². The lowest BCUT2D eigenvalue weighted by atomic mass is 10.1. The van der Waals surface area contributed by atoms with E-state index in [2.05, 4.69) is 10.3 Å². The molecule has 2 aliphatic heterocycles. The molecule has 0 saturated heterocycles. The number of nitrogens with zero attached hydrogens (tertiary/aromatic N) is 3. The van der Waals surface area contributed by atoms with Crippen LogP contribution in [0.2, 0.25) is 0 Å². The van der Waals surface area contributed by atoms with E-state index >= 15 is 0 Å². The summed E-state index contributed by atoms with van der Waals surface area (Å²) in [5.74, 6) is -0.101. The van der Waals surface area contributed by atoms with E-state index in [-0.39, 0.29) is 42.8 Å². The highest BCUT2D eigenvalue weighted by atomic mass is 32.2. The Kier molecular flexibility index (Phi) is 6.90. The third-order valence-corrected chi connectivity index (χ3v) is 6.96. The predicted molar refractivity (Wildman–Crippen MR) is 136 cm³/mol. The number of hydrogen-bond acceptors (Lipinski definition) is 5. The Bertz CT molecular complexity index is 1360. The number of fused-ring (bicyclic) bond motifs is 3. The average molecular weight is 505 g/mol. The molecule has 0 radical (unpaired) electrons. The predicted octanol–water partition coefficient (Wildman–Crippen LogP) is 4.95. The SMILES string of the molecule is O=C(CCC1C(=O)N=C2c3ccccc3N=C(SCc3ccc(F)cc3)N21)NCc1ccc(F)cc1. The zero-order valence-corrected chi connectivity index (χ0v) is 20.0. The van der Waals surface area contributed by atoms with E-state index in [4.69, 9.17) is 4.99 Å². The third-order valence-electron chi connectivity index (χ3n) is 5.94. The number of benzene rings is 3. The Balaban J connectivity index is 1.29. The fourth-order valence-electron chi connectivity index (χ4n) is 4.06. The fraction of sp³-hybridized carbons (Fsp3) is 0.185. The topological polar surface area (TPSA) is 74.1 Å². The van der Waals surface area contributed by atoms with Gasteiger partial charge in [0.1, 0.15) is 23.5 Å². The minimum atomic E-state index is -0.649. The Morgan fingerprint density at radius 2 is 1.58 bits per heavy atom. The van der Waals surface area contributed by atoms with Gasteiger partial charge in [0.15, 0.2) is 5.17 Å². The van der Waals surface area contributed by atoms with Gasteiger partial charge in [-0.3, -0.25) is 14.5 Å². The van der Waals surface area contributed by atoms with Crippen molar-refractivity contribution < 1.29 is 18.4 Å². The van der Waals surface area contributed by atoms with Crippen LogP contribution in [-0.4, -0.2) is 33.8 Å². The molecule has 0 aliphatic carbocycles. The summed E-state index contributed by atoms with van der Waals surface area (Å²) in [6, 6.07) is 19.0. The first-order valence-electron chi connectivity index (χ1n) is 11.5. The number of carbonyl (C=O) groups excluding carboxylic acids is 2. The van der Waals surface area contributed by atoms with Crippen molar-refractivity contribution in [1.82, 2.24) is 10.2 Å². The number of rotatable bonds is 7. The molecule has 9 heteroatoms. The molecular weight excluding hydrogens is 482 g/mol. The largest absolute Gasteiger partial charge is 0.352 e. The molecule has 5 rings (SSSR count). The Hall–Kier alpha value is -3.85. The van der Waals surface area contributed by atoms with Crippen molar-refractivity contribution in [1.29, 1.82) is 0 Å². The normalized spacial score (nSPS) is 16.2. The van der Waals surface area contributed by atoms with Crippen LogP contribution in [0.25, 0.3) is 0 Å². The van der Waals surface area contributed by atoms with Gasteiger partial charge in [-0.1, -0.05) is 48.2 Å². The molecule has 3 aromatic rings. The Morgan fingerprint density at radius 1 is 0.917 bits per heavy atom. The molecule has 6 nitrogen and oxygen atoms in total. The number of aliphatic imine (C=N–C) groups is 2. The van der Waals surface area contributed by atoms with Gasteiger partial charge in [0.25, 0.3) is 5.91 Å². The molecule has 0 bridgehead atoms. The van der Waals surface area contributed by atoms with E-state index in [9.17, 15) is 18.4 Å². The Labute approximate surface area is 211 Å². The number of halogens is 2. The standard InChI is InChI=1S/C27H22F2N4O2S/c28-19-9-5-17(6-10-19)15-30-24(34)14-13-23-26(35)32-25-21-3-1-2-4-22(21)31-27(33(23)25)36-16-18-7-11-20(29)12-8-18/h1-12,23H,13-16H2,(H,30,34). The van der Waals surface area contributed by atoms with Crippen molar-refractivity contribution in [3.8, 4) is 0 Å². The van der Waals surface area contributed by atoms with Gasteiger partial charge in [0.05, 0.1) is 5.69 Å². The van der Waals surface area contributed by atoms with Crippen LogP contribution >= 0.6 is 11.8 Å². The smallest absolute Gasteiger partial charge is 0.270 e. The van der Waals surface area contributed by atoms with Crippen molar-refractivity contribution in [3.63, 3.8) is 0 Å². The molecule has 0 fully saturated rings. The highest BCUT2D eigenvalue weighted by molar-refractivity contribution is 8.13. The molecule has 2 aliphatic rings. The molecule has 182 valence electrons. The second-order valence-electron chi connectivity index (χ2n) is 8.43. The number of amidine groups is 2. The molecule has 0 saturated carbocycles. The first-order chi connectivity index (χ1) is 17.5. The van der Waals surface area contributed by atoms with Crippen molar-refractivity contribution in [2.45, 2.75) is 31.2 Å². The highest BCUT2D eigenvalue weighted by Gasteiger charge is 2.41. The van der Waals surface area contributed by atoms with E-state index in [1.807, 2.05) is 29.2 Å². The summed E-state index contributed by atoms with van der Waals surface area (Å²) in [7, 11) is 0. The molecule has 0 spiro atoms. The number of thioether (sulfide) groups is 1. The summed E-state index contributed by atoms with van der Waals surface area (Å²) in [5, 5.41) is 3.42. The van der Waals surface area contributed by atoms with Crippen LogP contribution in [0.1, 0.15) is 29.5 Å². The zero-order chi connectivity index (χ0) is 25.1. The summed E-state index contributed by atoms with van der Waals surface area (Å²) in [6.45, 7) is 0.275. The molecule has 2 amide bonds. The maximum atomic E-state index is 13.3. The monoisotopic (exact) mass is 504 g/mol. The van der Waals surface area contributed by atoms with Crippen LogP contribution in [0, 0.1) is 11.6 Å². The lowest BCUT2D eigenvalue weighted by Crippen LogP contribution is -2.44. The third kappa shape index (κ3) is 5.21. The van der Waals surface area contributed by atoms with Gasteiger partial charge in [-0.2, -0.15) is 4.99 Å². The molecular formula is C27H22F2N4O2S. The minimum absolute atomic E-state index is 0.120. The fourth-order valence-corrected chi connectivity index (χ4v) is 5.07. The van der Waals surface area contributed by atoms with E-state index in [1.165, 1.54) is 36.0 Å². The summed E-state index contributed by atoms with van der Waals surface area (Å²) in [4.78, 5) is 36.4. The van der Waals surface area contributed by atoms with Crippen LogP contribution in [0.3, 0.4) is 0 Å². The molecule has 1 N–H and O–H groups in total. The molecule has 1 atom stereocenters. The lowest BCUT2D eigenvalue weighted by molar-refractivity contribution is -0.122. The van der Waals surface area contributed by atoms with Crippen LogP contribution in [0.4, 0.5) is 14.5 Å². The quantitative estimate of drug-likeness (QED) is 0.494. The number of hydrogen-bond donors (Lipinski definition) is 1. The van der Waals surface area contributed by atoms with Gasteiger partial charge in [-0.05, 0) is 53.9 Å². The van der Waals surface area contributed by atoms with Gasteiger partial charge in [-0.15, -0.1) is 0 Å². The highest BCUT2D eigenvalue weighted by Crippen LogP contribution is 2.36. The van der Waals surface area contributed by atoms with Gasteiger partial charge < -0.3 is 5.32 Å². The van der Waals surface area contributed by atoms with Crippen LogP contribution in [-0.2, 0) is 21.9 Å². The van der Waals surface area contributed by atoms with Crippen molar-refractivity contribution in [2.24, 2.45) is 9.98 Å². The molecule has 3 aromatic carbocycles. The van der Waals surface area contributed by atoms with Gasteiger partial charge >= 0.3 is 0 Å².